The lowest BCUT2D eigenvalue weighted by molar-refractivity contribution is 0.102. The molecule has 0 radical (unpaired) electrons. The zero-order valence-electron chi connectivity index (χ0n) is 12.2. The van der Waals surface area contributed by atoms with Crippen LogP contribution in [0.1, 0.15) is 10.5 Å². The molecule has 1 aromatic carbocycles. The van der Waals surface area contributed by atoms with Crippen molar-refractivity contribution in [1.29, 1.82) is 0 Å². The van der Waals surface area contributed by atoms with Crippen molar-refractivity contribution in [2.45, 2.75) is 0 Å². The molecule has 24 heavy (non-hydrogen) atoms. The van der Waals surface area contributed by atoms with Crippen molar-refractivity contribution in [1.82, 2.24) is 20.4 Å². The fourth-order valence-corrected chi connectivity index (χ4v) is 3.10. The quantitative estimate of drug-likeness (QED) is 0.534. The van der Waals surface area contributed by atoms with E-state index >= 15 is 0 Å². The molecule has 0 fully saturated rings. The second-order valence-electron chi connectivity index (χ2n) is 5.05. The Hall–Kier alpha value is -3.26. The molecule has 0 atom stereocenters. The van der Waals surface area contributed by atoms with Crippen LogP contribution in [-0.2, 0) is 0 Å². The van der Waals surface area contributed by atoms with Gasteiger partial charge in [0.2, 0.25) is 0 Å². The van der Waals surface area contributed by atoms with Crippen LogP contribution in [0.15, 0.2) is 52.6 Å². The van der Waals surface area contributed by atoms with Gasteiger partial charge in [-0.05, 0) is 17.5 Å². The minimum absolute atomic E-state index is 0.144. The number of aromatic nitrogens is 4. The number of H-pyrrole nitrogens is 2. The number of hydrogen-bond acceptors (Lipinski definition) is 5. The first-order chi connectivity index (χ1) is 11.7. The molecule has 3 heterocycles. The van der Waals surface area contributed by atoms with E-state index < -0.39 is 5.91 Å². The molecular formula is C16H11N5O2S. The highest BCUT2D eigenvalue weighted by Gasteiger charge is 2.15. The number of nitrogens with zero attached hydrogens (tertiary/aromatic N) is 2. The summed E-state index contributed by atoms with van der Waals surface area (Å²) in [5.41, 5.74) is 0.632. The van der Waals surface area contributed by atoms with Gasteiger partial charge in [0.05, 0.1) is 16.0 Å². The van der Waals surface area contributed by atoms with Crippen LogP contribution in [0.3, 0.4) is 0 Å². The average molecular weight is 337 g/mol. The van der Waals surface area contributed by atoms with Crippen molar-refractivity contribution < 1.29 is 4.79 Å². The fourth-order valence-electron chi connectivity index (χ4n) is 2.41. The monoisotopic (exact) mass is 337 g/mol. The van der Waals surface area contributed by atoms with Crippen LogP contribution in [0.5, 0.6) is 0 Å². The first-order valence-corrected chi connectivity index (χ1v) is 7.98. The summed E-state index contributed by atoms with van der Waals surface area (Å²) in [6.07, 6.45) is 0. The minimum atomic E-state index is -0.438. The summed E-state index contributed by atoms with van der Waals surface area (Å²) in [5, 5.41) is 18.7. The molecule has 118 valence electrons. The Morgan fingerprint density at radius 2 is 1.88 bits per heavy atom. The molecule has 0 unspecified atom stereocenters. The van der Waals surface area contributed by atoms with Crippen molar-refractivity contribution in [3.63, 3.8) is 0 Å². The van der Waals surface area contributed by atoms with Crippen molar-refractivity contribution in [3.05, 3.63) is 63.9 Å². The van der Waals surface area contributed by atoms with E-state index in [2.05, 4.69) is 25.7 Å². The molecule has 0 aliphatic carbocycles. The standard InChI is InChI=1S/C16H11N5O2S/c22-15-10-5-2-1-4-9(10)14(20-21-15)16(23)17-13-8-11(18-19-13)12-6-3-7-24-12/h1-8H,(H,21,22)(H2,17,18,19,23). The number of hydrogen-bond donors (Lipinski definition) is 3. The highest BCUT2D eigenvalue weighted by Crippen LogP contribution is 2.24. The van der Waals surface area contributed by atoms with E-state index in [9.17, 15) is 9.59 Å². The van der Waals surface area contributed by atoms with E-state index in [4.69, 9.17) is 0 Å². The summed E-state index contributed by atoms with van der Waals surface area (Å²) in [6.45, 7) is 0. The smallest absolute Gasteiger partial charge is 0.277 e. The SMILES string of the molecule is O=C(Nc1cc(-c2cccs2)[nH]n1)c1n[nH]c(=O)c2ccccc12. The van der Waals surface area contributed by atoms with Gasteiger partial charge in [-0.25, -0.2) is 5.10 Å². The van der Waals surface area contributed by atoms with E-state index in [-0.39, 0.29) is 11.3 Å². The molecule has 0 aliphatic rings. The number of fused-ring (bicyclic) bond motifs is 1. The third-order valence-corrected chi connectivity index (χ3v) is 4.42. The Bertz CT molecular complexity index is 1080. The van der Waals surface area contributed by atoms with Crippen LogP contribution in [0, 0.1) is 0 Å². The summed E-state index contributed by atoms with van der Waals surface area (Å²) in [5.74, 6) is -0.0489. The van der Waals surface area contributed by atoms with Crippen molar-refractivity contribution in [2.24, 2.45) is 0 Å². The first kappa shape index (κ1) is 14.3. The molecule has 4 aromatic rings. The summed E-state index contributed by atoms with van der Waals surface area (Å²) in [4.78, 5) is 25.3. The third-order valence-electron chi connectivity index (χ3n) is 3.52. The van der Waals surface area contributed by atoms with Crippen molar-refractivity contribution in [3.8, 4) is 10.6 Å². The van der Waals surface area contributed by atoms with Crippen molar-refractivity contribution >= 4 is 33.8 Å². The van der Waals surface area contributed by atoms with Gasteiger partial charge in [-0.15, -0.1) is 11.3 Å². The second-order valence-corrected chi connectivity index (χ2v) is 5.99. The van der Waals surface area contributed by atoms with Gasteiger partial charge in [0.15, 0.2) is 11.5 Å². The van der Waals surface area contributed by atoms with Crippen LogP contribution in [0.2, 0.25) is 0 Å². The van der Waals surface area contributed by atoms with Gasteiger partial charge in [0.25, 0.3) is 11.5 Å². The Balaban J connectivity index is 1.66. The summed E-state index contributed by atoms with van der Waals surface area (Å²) in [6, 6.07) is 12.5. The lowest BCUT2D eigenvalue weighted by Gasteiger charge is -2.04. The lowest BCUT2D eigenvalue weighted by Crippen LogP contribution is -2.19. The van der Waals surface area contributed by atoms with E-state index in [1.807, 2.05) is 17.5 Å². The van der Waals surface area contributed by atoms with Crippen LogP contribution >= 0.6 is 11.3 Å². The van der Waals surface area contributed by atoms with E-state index in [0.29, 0.717) is 16.6 Å². The highest BCUT2D eigenvalue weighted by molar-refractivity contribution is 7.13. The topological polar surface area (TPSA) is 104 Å². The maximum atomic E-state index is 12.5. The Morgan fingerprint density at radius 3 is 2.67 bits per heavy atom. The molecule has 0 bridgehead atoms. The number of nitrogens with one attached hydrogen (secondary N) is 3. The van der Waals surface area contributed by atoms with E-state index in [1.165, 1.54) is 0 Å². The second kappa shape index (κ2) is 5.74. The largest absolute Gasteiger partial charge is 0.304 e. The fraction of sp³-hybridized carbons (Fsp3) is 0. The molecular weight excluding hydrogens is 326 g/mol. The van der Waals surface area contributed by atoms with E-state index in [0.717, 1.165) is 10.6 Å². The van der Waals surface area contributed by atoms with Gasteiger partial charge in [-0.3, -0.25) is 14.7 Å². The molecule has 0 saturated heterocycles. The number of carbonyl (C=O) groups excluding carboxylic acids is 1. The van der Waals surface area contributed by atoms with Crippen LogP contribution < -0.4 is 10.9 Å². The van der Waals surface area contributed by atoms with Gasteiger partial charge in [-0.1, -0.05) is 24.3 Å². The highest BCUT2D eigenvalue weighted by atomic mass is 32.1. The summed E-state index contributed by atoms with van der Waals surface area (Å²) >= 11 is 1.57. The molecule has 0 saturated carbocycles. The number of thiophene rings is 1. The predicted octanol–water partition coefficient (Wildman–Crippen LogP) is 2.63. The number of amides is 1. The number of aromatic amines is 2. The van der Waals surface area contributed by atoms with Crippen LogP contribution in [-0.4, -0.2) is 26.3 Å². The predicted molar refractivity (Wildman–Crippen MR) is 92.2 cm³/mol. The molecule has 0 aliphatic heterocycles. The number of benzene rings is 1. The third kappa shape index (κ3) is 2.48. The van der Waals surface area contributed by atoms with Gasteiger partial charge in [0, 0.05) is 11.5 Å². The van der Waals surface area contributed by atoms with Crippen LogP contribution in [0.25, 0.3) is 21.3 Å². The Labute approximate surface area is 139 Å². The van der Waals surface area contributed by atoms with E-state index in [1.54, 1.807) is 41.7 Å². The molecule has 8 heteroatoms. The first-order valence-electron chi connectivity index (χ1n) is 7.10. The molecule has 0 spiro atoms. The molecule has 3 N–H and O–H groups in total. The number of anilines is 1. The normalized spacial score (nSPS) is 10.8. The Kier molecular flexibility index (Phi) is 3.43. The summed E-state index contributed by atoms with van der Waals surface area (Å²) in [7, 11) is 0. The number of rotatable bonds is 3. The maximum absolute atomic E-state index is 12.5. The number of carbonyl (C=O) groups is 1. The molecule has 4 rings (SSSR count). The Morgan fingerprint density at radius 1 is 1.04 bits per heavy atom. The van der Waals surface area contributed by atoms with Gasteiger partial charge < -0.3 is 5.32 Å². The van der Waals surface area contributed by atoms with Gasteiger partial charge >= 0.3 is 0 Å². The zero-order chi connectivity index (χ0) is 16.5. The van der Waals surface area contributed by atoms with Gasteiger partial charge in [-0.2, -0.15) is 10.2 Å². The molecule has 1 amide bonds. The molecule has 3 aromatic heterocycles. The minimum Gasteiger partial charge on any atom is -0.304 e. The average Bonchev–Trinajstić information content (AvgIpc) is 3.26. The maximum Gasteiger partial charge on any atom is 0.277 e. The van der Waals surface area contributed by atoms with Gasteiger partial charge in [0.1, 0.15) is 0 Å². The lowest BCUT2D eigenvalue weighted by atomic mass is 10.1. The summed E-state index contributed by atoms with van der Waals surface area (Å²) < 4.78 is 0. The van der Waals surface area contributed by atoms with Crippen LogP contribution in [0.4, 0.5) is 5.82 Å². The van der Waals surface area contributed by atoms with Crippen molar-refractivity contribution in [2.75, 3.05) is 5.32 Å². The molecule has 7 nitrogen and oxygen atoms in total. The zero-order valence-corrected chi connectivity index (χ0v) is 13.1.